The third kappa shape index (κ3) is 3.14. The monoisotopic (exact) mass is 223 g/mol. The van der Waals surface area contributed by atoms with Crippen LogP contribution in [0.1, 0.15) is 18.9 Å². The summed E-state index contributed by atoms with van der Waals surface area (Å²) in [5.41, 5.74) is 2.39. The second kappa shape index (κ2) is 6.38. The smallest absolute Gasteiger partial charge is 0.122 e. The van der Waals surface area contributed by atoms with Crippen molar-refractivity contribution in [3.05, 3.63) is 23.8 Å². The van der Waals surface area contributed by atoms with Crippen LogP contribution < -0.4 is 9.64 Å². The number of benzene rings is 1. The van der Waals surface area contributed by atoms with Crippen LogP contribution in [-0.2, 0) is 6.42 Å². The van der Waals surface area contributed by atoms with Gasteiger partial charge in [-0.2, -0.15) is 0 Å². The minimum Gasteiger partial charge on any atom is -0.496 e. The summed E-state index contributed by atoms with van der Waals surface area (Å²) >= 11 is 0. The van der Waals surface area contributed by atoms with E-state index in [0.717, 1.165) is 25.1 Å². The molecule has 0 aromatic heterocycles. The van der Waals surface area contributed by atoms with Crippen molar-refractivity contribution in [2.24, 2.45) is 0 Å². The van der Waals surface area contributed by atoms with Gasteiger partial charge in [-0.15, -0.1) is 0 Å². The Morgan fingerprint density at radius 3 is 2.69 bits per heavy atom. The molecule has 0 radical (unpaired) electrons. The summed E-state index contributed by atoms with van der Waals surface area (Å²) in [6.07, 6.45) is 1.76. The summed E-state index contributed by atoms with van der Waals surface area (Å²) in [7, 11) is 3.74. The van der Waals surface area contributed by atoms with Crippen molar-refractivity contribution in [1.29, 1.82) is 0 Å². The molecule has 1 aromatic carbocycles. The molecular formula is C13H21NO2. The largest absolute Gasteiger partial charge is 0.496 e. The Kier molecular flexibility index (Phi) is 5.12. The van der Waals surface area contributed by atoms with Gasteiger partial charge in [0.15, 0.2) is 0 Å². The predicted octanol–water partition coefficient (Wildman–Crippen LogP) is 2.08. The van der Waals surface area contributed by atoms with Gasteiger partial charge in [-0.25, -0.2) is 0 Å². The molecule has 3 nitrogen and oxygen atoms in total. The molecule has 90 valence electrons. The van der Waals surface area contributed by atoms with Crippen molar-refractivity contribution < 1.29 is 9.84 Å². The Balaban J connectivity index is 2.81. The van der Waals surface area contributed by atoms with Crippen molar-refractivity contribution >= 4 is 5.69 Å². The molecule has 0 saturated heterocycles. The number of rotatable bonds is 6. The van der Waals surface area contributed by atoms with E-state index in [4.69, 9.17) is 9.84 Å². The molecule has 0 bridgehead atoms. The van der Waals surface area contributed by atoms with Crippen molar-refractivity contribution in [1.82, 2.24) is 0 Å². The highest BCUT2D eigenvalue weighted by molar-refractivity contribution is 5.52. The number of hydrogen-bond donors (Lipinski definition) is 1. The molecule has 3 heteroatoms. The summed E-state index contributed by atoms with van der Waals surface area (Å²) in [5, 5.41) is 8.80. The minimum absolute atomic E-state index is 0.237. The van der Waals surface area contributed by atoms with Crippen molar-refractivity contribution in [2.45, 2.75) is 19.8 Å². The van der Waals surface area contributed by atoms with Crippen molar-refractivity contribution in [3.8, 4) is 5.75 Å². The quantitative estimate of drug-likeness (QED) is 0.801. The van der Waals surface area contributed by atoms with Gasteiger partial charge in [-0.1, -0.05) is 6.92 Å². The summed E-state index contributed by atoms with van der Waals surface area (Å²) in [5.74, 6) is 0.946. The molecule has 0 spiro atoms. The van der Waals surface area contributed by atoms with Crippen LogP contribution in [0.5, 0.6) is 5.75 Å². The minimum atomic E-state index is 0.237. The van der Waals surface area contributed by atoms with Crippen LogP contribution in [0.2, 0.25) is 0 Å². The number of aryl methyl sites for hydroxylation is 1. The lowest BCUT2D eigenvalue weighted by Gasteiger charge is -2.20. The average molecular weight is 223 g/mol. The lowest BCUT2D eigenvalue weighted by atomic mass is 10.1. The second-order valence-corrected chi connectivity index (χ2v) is 3.85. The maximum atomic E-state index is 8.80. The zero-order valence-electron chi connectivity index (χ0n) is 10.4. The fourth-order valence-corrected chi connectivity index (χ4v) is 1.72. The fourth-order valence-electron chi connectivity index (χ4n) is 1.72. The lowest BCUT2D eigenvalue weighted by molar-refractivity contribution is 0.290. The molecule has 0 fully saturated rings. The first-order valence-electron chi connectivity index (χ1n) is 5.71. The standard InChI is InChI=1S/C13H21NO2/c1-4-11-10-12(6-7-13(11)16-3)14(2)8-5-9-15/h6-7,10,15H,4-5,8-9H2,1-3H3. The van der Waals surface area contributed by atoms with E-state index < -0.39 is 0 Å². The van der Waals surface area contributed by atoms with Gasteiger partial charge in [0, 0.05) is 25.9 Å². The van der Waals surface area contributed by atoms with Gasteiger partial charge in [0.2, 0.25) is 0 Å². The topological polar surface area (TPSA) is 32.7 Å². The molecule has 1 rings (SSSR count). The third-order valence-corrected chi connectivity index (χ3v) is 2.74. The number of aliphatic hydroxyl groups is 1. The number of aliphatic hydroxyl groups excluding tert-OH is 1. The summed E-state index contributed by atoms with van der Waals surface area (Å²) in [6, 6.07) is 6.20. The van der Waals surface area contributed by atoms with E-state index in [2.05, 4.69) is 24.0 Å². The second-order valence-electron chi connectivity index (χ2n) is 3.85. The number of methoxy groups -OCH3 is 1. The highest BCUT2D eigenvalue weighted by atomic mass is 16.5. The van der Waals surface area contributed by atoms with Gasteiger partial charge in [-0.3, -0.25) is 0 Å². The van der Waals surface area contributed by atoms with Crippen LogP contribution in [0.3, 0.4) is 0 Å². The Bertz CT molecular complexity index is 326. The van der Waals surface area contributed by atoms with Crippen LogP contribution in [0, 0.1) is 0 Å². The number of ether oxygens (including phenoxy) is 1. The van der Waals surface area contributed by atoms with Crippen LogP contribution in [0.15, 0.2) is 18.2 Å². The Morgan fingerprint density at radius 2 is 2.12 bits per heavy atom. The zero-order chi connectivity index (χ0) is 12.0. The molecule has 1 aromatic rings. The van der Waals surface area contributed by atoms with Gasteiger partial charge in [0.1, 0.15) is 5.75 Å². The first-order chi connectivity index (χ1) is 7.72. The molecule has 0 unspecified atom stereocenters. The zero-order valence-corrected chi connectivity index (χ0v) is 10.4. The summed E-state index contributed by atoms with van der Waals surface area (Å²) in [6.45, 7) is 3.22. The predicted molar refractivity (Wildman–Crippen MR) is 67.3 cm³/mol. The Morgan fingerprint density at radius 1 is 1.38 bits per heavy atom. The van der Waals surface area contributed by atoms with Crippen molar-refractivity contribution in [2.75, 3.05) is 32.2 Å². The number of anilines is 1. The highest BCUT2D eigenvalue weighted by Crippen LogP contribution is 2.24. The van der Waals surface area contributed by atoms with Crippen LogP contribution in [0.25, 0.3) is 0 Å². The van der Waals surface area contributed by atoms with E-state index in [0.29, 0.717) is 0 Å². The van der Waals surface area contributed by atoms with Gasteiger partial charge in [0.25, 0.3) is 0 Å². The number of nitrogens with zero attached hydrogens (tertiary/aromatic N) is 1. The molecule has 0 saturated carbocycles. The fraction of sp³-hybridized carbons (Fsp3) is 0.538. The summed E-state index contributed by atoms with van der Waals surface area (Å²) in [4.78, 5) is 2.15. The van der Waals surface area contributed by atoms with E-state index in [1.54, 1.807) is 7.11 Å². The normalized spacial score (nSPS) is 10.2. The van der Waals surface area contributed by atoms with Gasteiger partial charge >= 0.3 is 0 Å². The van der Waals surface area contributed by atoms with E-state index in [1.807, 2.05) is 13.1 Å². The molecule has 0 aliphatic heterocycles. The first kappa shape index (κ1) is 12.8. The third-order valence-electron chi connectivity index (χ3n) is 2.74. The molecule has 16 heavy (non-hydrogen) atoms. The van der Waals surface area contributed by atoms with Gasteiger partial charge < -0.3 is 14.7 Å². The van der Waals surface area contributed by atoms with Gasteiger partial charge in [0.05, 0.1) is 7.11 Å². The molecule has 0 aliphatic carbocycles. The van der Waals surface area contributed by atoms with E-state index in [1.165, 1.54) is 11.3 Å². The summed E-state index contributed by atoms with van der Waals surface area (Å²) < 4.78 is 5.29. The number of hydrogen-bond acceptors (Lipinski definition) is 3. The van der Waals surface area contributed by atoms with Crippen LogP contribution >= 0.6 is 0 Å². The average Bonchev–Trinajstić information content (AvgIpc) is 2.34. The molecule has 0 atom stereocenters. The Labute approximate surface area is 97.7 Å². The molecule has 1 N–H and O–H groups in total. The molecule has 0 heterocycles. The SMILES string of the molecule is CCc1cc(N(C)CCCO)ccc1OC. The van der Waals surface area contributed by atoms with Crippen molar-refractivity contribution in [3.63, 3.8) is 0 Å². The Hall–Kier alpha value is -1.22. The highest BCUT2D eigenvalue weighted by Gasteiger charge is 2.05. The van der Waals surface area contributed by atoms with Gasteiger partial charge in [-0.05, 0) is 36.6 Å². The lowest BCUT2D eigenvalue weighted by Crippen LogP contribution is -2.19. The molecule has 0 amide bonds. The van der Waals surface area contributed by atoms with Crippen LogP contribution in [-0.4, -0.2) is 32.4 Å². The van der Waals surface area contributed by atoms with Crippen LogP contribution in [0.4, 0.5) is 5.69 Å². The first-order valence-corrected chi connectivity index (χ1v) is 5.71. The maximum Gasteiger partial charge on any atom is 0.122 e. The molecule has 0 aliphatic rings. The van der Waals surface area contributed by atoms with E-state index >= 15 is 0 Å². The van der Waals surface area contributed by atoms with E-state index in [9.17, 15) is 0 Å². The molecular weight excluding hydrogens is 202 g/mol. The maximum absolute atomic E-state index is 8.80. The van der Waals surface area contributed by atoms with E-state index in [-0.39, 0.29) is 6.61 Å².